The Hall–Kier alpha value is -1.77. The van der Waals surface area contributed by atoms with E-state index in [9.17, 15) is 0 Å². The van der Waals surface area contributed by atoms with Crippen molar-refractivity contribution >= 4 is 29.9 Å². The monoisotopic (exact) mass is 500 g/mol. The van der Waals surface area contributed by atoms with Crippen LogP contribution in [0.15, 0.2) is 33.8 Å². The third-order valence-corrected chi connectivity index (χ3v) is 4.10. The largest absolute Gasteiger partial charge is 0.488 e. The summed E-state index contributed by atoms with van der Waals surface area (Å²) in [4.78, 5) is 4.32. The summed E-state index contributed by atoms with van der Waals surface area (Å²) in [7, 11) is 1.77. The molecule has 0 saturated heterocycles. The zero-order valence-corrected chi connectivity index (χ0v) is 20.1. The van der Waals surface area contributed by atoms with Gasteiger partial charge in [0, 0.05) is 37.7 Å². The summed E-state index contributed by atoms with van der Waals surface area (Å²) in [6, 6.07) is 8.06. The molecule has 7 heteroatoms. The fraction of sp³-hybridized carbons (Fsp3) is 0.524. The Balaban J connectivity index is 0.00000392. The van der Waals surface area contributed by atoms with E-state index < -0.39 is 0 Å². The molecule has 0 unspecified atom stereocenters. The molecule has 0 saturated carbocycles. The summed E-state index contributed by atoms with van der Waals surface area (Å²) in [5, 5.41) is 10.9. The van der Waals surface area contributed by atoms with Crippen LogP contribution >= 0.6 is 24.0 Å². The summed E-state index contributed by atoms with van der Waals surface area (Å²) in [5.41, 5.74) is 2.97. The maximum Gasteiger partial charge on any atom is 0.191 e. The van der Waals surface area contributed by atoms with E-state index in [-0.39, 0.29) is 29.6 Å². The number of aliphatic imine (C=N–C) groups is 1. The first-order valence-corrected chi connectivity index (χ1v) is 9.55. The van der Waals surface area contributed by atoms with Crippen molar-refractivity contribution in [3.05, 3.63) is 46.8 Å². The molecule has 0 bridgehead atoms. The average molecular weight is 500 g/mol. The van der Waals surface area contributed by atoms with Crippen LogP contribution in [0, 0.1) is 0 Å². The van der Waals surface area contributed by atoms with Gasteiger partial charge in [0.15, 0.2) is 5.96 Å². The Morgan fingerprint density at radius 3 is 2.39 bits per heavy atom. The molecule has 0 aliphatic heterocycles. The number of halogens is 1. The minimum Gasteiger partial charge on any atom is -0.488 e. The van der Waals surface area contributed by atoms with E-state index in [1.165, 1.54) is 0 Å². The van der Waals surface area contributed by atoms with Crippen molar-refractivity contribution in [1.29, 1.82) is 0 Å². The molecule has 1 aromatic carbocycles. The molecule has 2 rings (SSSR count). The quantitative estimate of drug-likeness (QED) is 0.334. The number of rotatable bonds is 7. The van der Waals surface area contributed by atoms with Crippen LogP contribution in [0.3, 0.4) is 0 Å². The topological polar surface area (TPSA) is 71.7 Å². The summed E-state index contributed by atoms with van der Waals surface area (Å²) < 4.78 is 11.5. The predicted molar refractivity (Wildman–Crippen MR) is 125 cm³/mol. The molecule has 156 valence electrons. The fourth-order valence-corrected chi connectivity index (χ4v) is 2.79. The summed E-state index contributed by atoms with van der Waals surface area (Å²) in [6.07, 6.45) is 1.68. The number of nitrogens with one attached hydrogen (secondary N) is 2. The SMILES string of the molecule is CCc1noc(CC)c1CNC(=NC)NCc1ccccc1OC(C)(C)C.I. The van der Waals surface area contributed by atoms with E-state index in [2.05, 4.69) is 40.7 Å². The molecule has 2 N–H and O–H groups in total. The number of aromatic nitrogens is 1. The molecule has 0 amide bonds. The van der Waals surface area contributed by atoms with Gasteiger partial charge in [0.05, 0.1) is 5.69 Å². The van der Waals surface area contributed by atoms with Crippen molar-refractivity contribution in [3.63, 3.8) is 0 Å². The summed E-state index contributed by atoms with van der Waals surface area (Å²) in [5.74, 6) is 2.54. The number of hydrogen-bond donors (Lipinski definition) is 2. The van der Waals surface area contributed by atoms with E-state index in [4.69, 9.17) is 9.26 Å². The van der Waals surface area contributed by atoms with Gasteiger partial charge >= 0.3 is 0 Å². The average Bonchev–Trinajstić information content (AvgIpc) is 3.03. The number of ether oxygens (including phenoxy) is 1. The van der Waals surface area contributed by atoms with Crippen LogP contribution in [0.5, 0.6) is 5.75 Å². The Labute approximate surface area is 185 Å². The lowest BCUT2D eigenvalue weighted by Gasteiger charge is -2.23. The highest BCUT2D eigenvalue weighted by molar-refractivity contribution is 14.0. The van der Waals surface area contributed by atoms with Gasteiger partial charge < -0.3 is 19.9 Å². The van der Waals surface area contributed by atoms with Gasteiger partial charge in [-0.15, -0.1) is 24.0 Å². The smallest absolute Gasteiger partial charge is 0.191 e. The van der Waals surface area contributed by atoms with Crippen LogP contribution in [0.25, 0.3) is 0 Å². The number of aryl methyl sites for hydroxylation is 2. The lowest BCUT2D eigenvalue weighted by Crippen LogP contribution is -2.36. The number of guanidine groups is 1. The van der Waals surface area contributed by atoms with Gasteiger partial charge in [-0.2, -0.15) is 0 Å². The normalized spacial score (nSPS) is 11.7. The van der Waals surface area contributed by atoms with Gasteiger partial charge in [-0.1, -0.05) is 37.2 Å². The van der Waals surface area contributed by atoms with Crippen molar-refractivity contribution in [2.75, 3.05) is 7.05 Å². The maximum absolute atomic E-state index is 6.06. The Morgan fingerprint density at radius 1 is 1.11 bits per heavy atom. The van der Waals surface area contributed by atoms with Gasteiger partial charge in [-0.05, 0) is 33.3 Å². The van der Waals surface area contributed by atoms with E-state index in [0.29, 0.717) is 13.1 Å². The zero-order valence-electron chi connectivity index (χ0n) is 17.8. The Morgan fingerprint density at radius 2 is 1.79 bits per heavy atom. The Kier molecular flexibility index (Phi) is 9.78. The van der Waals surface area contributed by atoms with Crippen molar-refractivity contribution < 1.29 is 9.26 Å². The van der Waals surface area contributed by atoms with Crippen molar-refractivity contribution in [1.82, 2.24) is 15.8 Å². The zero-order chi connectivity index (χ0) is 19.9. The molecule has 1 aromatic heterocycles. The highest BCUT2D eigenvalue weighted by atomic mass is 127. The number of nitrogens with zero attached hydrogens (tertiary/aromatic N) is 2. The molecular weight excluding hydrogens is 467 g/mol. The number of benzene rings is 1. The third kappa shape index (κ3) is 7.00. The van der Waals surface area contributed by atoms with Crippen LogP contribution in [0.2, 0.25) is 0 Å². The molecule has 0 atom stereocenters. The summed E-state index contributed by atoms with van der Waals surface area (Å²) >= 11 is 0. The third-order valence-electron chi connectivity index (χ3n) is 4.10. The Bertz CT molecular complexity index is 745. The molecule has 1 heterocycles. The van der Waals surface area contributed by atoms with Crippen LogP contribution < -0.4 is 15.4 Å². The molecule has 0 fully saturated rings. The fourth-order valence-electron chi connectivity index (χ4n) is 2.79. The van der Waals surface area contributed by atoms with Crippen LogP contribution in [0.4, 0.5) is 0 Å². The van der Waals surface area contributed by atoms with Crippen molar-refractivity contribution in [3.8, 4) is 5.75 Å². The molecule has 28 heavy (non-hydrogen) atoms. The van der Waals surface area contributed by atoms with Gasteiger partial charge in [0.2, 0.25) is 0 Å². The first-order valence-electron chi connectivity index (χ1n) is 9.55. The maximum atomic E-state index is 6.06. The second-order valence-electron chi connectivity index (χ2n) is 7.34. The molecule has 0 radical (unpaired) electrons. The minimum atomic E-state index is -0.239. The van der Waals surface area contributed by atoms with E-state index in [1.807, 2.05) is 39.0 Å². The minimum absolute atomic E-state index is 0. The van der Waals surface area contributed by atoms with Gasteiger partial charge in [-0.3, -0.25) is 4.99 Å². The molecule has 0 aliphatic carbocycles. The van der Waals surface area contributed by atoms with E-state index in [1.54, 1.807) is 7.05 Å². The second kappa shape index (κ2) is 11.3. The van der Waals surface area contributed by atoms with Crippen LogP contribution in [0.1, 0.15) is 57.2 Å². The standard InChI is InChI=1S/C21H32N4O2.HI/c1-7-17-16(18(8-2)27-25-17)14-24-20(22-6)23-13-15-11-9-10-12-19(15)26-21(3,4)5;/h9-12H,7-8,13-14H2,1-6H3,(H2,22,23,24);1H. The van der Waals surface area contributed by atoms with Gasteiger partial charge in [-0.25, -0.2) is 0 Å². The molecule has 0 aliphatic rings. The summed E-state index contributed by atoms with van der Waals surface area (Å²) in [6.45, 7) is 11.6. The first-order chi connectivity index (χ1) is 12.9. The molecule has 2 aromatic rings. The van der Waals surface area contributed by atoms with E-state index >= 15 is 0 Å². The highest BCUT2D eigenvalue weighted by Gasteiger charge is 2.15. The van der Waals surface area contributed by atoms with Crippen LogP contribution in [-0.2, 0) is 25.9 Å². The molecule has 0 spiro atoms. The van der Waals surface area contributed by atoms with Crippen LogP contribution in [-0.4, -0.2) is 23.8 Å². The highest BCUT2D eigenvalue weighted by Crippen LogP contribution is 2.22. The lowest BCUT2D eigenvalue weighted by molar-refractivity contribution is 0.129. The number of hydrogen-bond acceptors (Lipinski definition) is 4. The number of para-hydroxylation sites is 1. The van der Waals surface area contributed by atoms with Crippen molar-refractivity contribution in [2.45, 2.75) is 66.2 Å². The van der Waals surface area contributed by atoms with Crippen molar-refractivity contribution in [2.24, 2.45) is 4.99 Å². The second-order valence-corrected chi connectivity index (χ2v) is 7.34. The molecule has 6 nitrogen and oxygen atoms in total. The van der Waals surface area contributed by atoms with E-state index in [0.717, 1.165) is 47.1 Å². The molecular formula is C21H33IN4O2. The lowest BCUT2D eigenvalue weighted by atomic mass is 10.1. The first kappa shape index (κ1) is 24.3. The van der Waals surface area contributed by atoms with Gasteiger partial charge in [0.25, 0.3) is 0 Å². The van der Waals surface area contributed by atoms with Gasteiger partial charge in [0.1, 0.15) is 17.1 Å². The predicted octanol–water partition coefficient (Wildman–Crippen LogP) is 4.46.